The number of hydrogen-bond donors (Lipinski definition) is 2. The zero-order chi connectivity index (χ0) is 10.6. The lowest BCUT2D eigenvalue weighted by atomic mass is 10.3. The third-order valence-corrected chi connectivity index (χ3v) is 1.38. The lowest BCUT2D eigenvalue weighted by molar-refractivity contribution is 1.14. The molecular weight excluding hydrogens is 178 g/mol. The molecular formula is C9H9N5. The molecule has 0 radical (unpaired) electrons. The van der Waals surface area contributed by atoms with Crippen molar-refractivity contribution in [1.82, 2.24) is 9.97 Å². The summed E-state index contributed by atoms with van der Waals surface area (Å²) in [4.78, 5) is 11.4. The van der Waals surface area contributed by atoms with Crippen molar-refractivity contribution in [3.8, 4) is 12.3 Å². The summed E-state index contributed by atoms with van der Waals surface area (Å²) in [5.74, 6) is 2.60. The van der Waals surface area contributed by atoms with E-state index in [1.165, 1.54) is 12.3 Å². The van der Waals surface area contributed by atoms with Crippen LogP contribution in [0.2, 0.25) is 0 Å². The van der Waals surface area contributed by atoms with Crippen LogP contribution in [0.4, 0.5) is 5.95 Å². The summed E-state index contributed by atoms with van der Waals surface area (Å²) < 4.78 is 0. The standard InChI is InChI=1S/C9H9N5/c1-3-6-5-7(8(10)12-4-2)14-9(11)13-6/h1,4-5H,2H2,(H2,10,12)(H2,11,13,14). The number of nitrogens with zero attached hydrogens (tertiary/aromatic N) is 3. The van der Waals surface area contributed by atoms with Crippen LogP contribution in [0.15, 0.2) is 23.8 Å². The molecule has 5 nitrogen and oxygen atoms in total. The molecule has 0 amide bonds. The number of anilines is 1. The molecule has 1 heterocycles. The first-order valence-electron chi connectivity index (χ1n) is 3.73. The van der Waals surface area contributed by atoms with Gasteiger partial charge in [0.15, 0.2) is 0 Å². The Kier molecular flexibility index (Phi) is 2.82. The Balaban J connectivity index is 3.23. The van der Waals surface area contributed by atoms with Crippen molar-refractivity contribution in [3.05, 3.63) is 30.2 Å². The fourth-order valence-electron chi connectivity index (χ4n) is 0.836. The first-order chi connectivity index (χ1) is 6.67. The summed E-state index contributed by atoms with van der Waals surface area (Å²) >= 11 is 0. The van der Waals surface area contributed by atoms with Gasteiger partial charge in [0.1, 0.15) is 17.2 Å². The van der Waals surface area contributed by atoms with Gasteiger partial charge in [-0.3, -0.25) is 0 Å². The maximum Gasteiger partial charge on any atom is 0.221 e. The maximum absolute atomic E-state index is 5.56. The third kappa shape index (κ3) is 2.08. The smallest absolute Gasteiger partial charge is 0.221 e. The Labute approximate surface area is 81.6 Å². The van der Waals surface area contributed by atoms with Crippen molar-refractivity contribution in [1.29, 1.82) is 0 Å². The minimum atomic E-state index is 0.0673. The molecule has 0 bridgehead atoms. The number of amidine groups is 1. The molecule has 1 aromatic rings. The second-order valence-corrected chi connectivity index (χ2v) is 2.34. The van der Waals surface area contributed by atoms with Gasteiger partial charge in [0.05, 0.1) is 0 Å². The quantitative estimate of drug-likeness (QED) is 0.384. The Morgan fingerprint density at radius 2 is 2.36 bits per heavy atom. The summed E-state index contributed by atoms with van der Waals surface area (Å²) in [7, 11) is 0. The van der Waals surface area contributed by atoms with Crippen LogP contribution >= 0.6 is 0 Å². The molecule has 1 aromatic heterocycles. The van der Waals surface area contributed by atoms with Crippen molar-refractivity contribution in [3.63, 3.8) is 0 Å². The summed E-state index contributed by atoms with van der Waals surface area (Å²) in [5.41, 5.74) is 11.7. The van der Waals surface area contributed by atoms with E-state index in [1.54, 1.807) is 0 Å². The van der Waals surface area contributed by atoms with Crippen LogP contribution in [-0.2, 0) is 0 Å². The van der Waals surface area contributed by atoms with Gasteiger partial charge in [-0.15, -0.1) is 6.42 Å². The second kappa shape index (κ2) is 4.05. The molecule has 0 aromatic carbocycles. The molecule has 14 heavy (non-hydrogen) atoms. The summed E-state index contributed by atoms with van der Waals surface area (Å²) in [5, 5.41) is 0. The van der Waals surface area contributed by atoms with Crippen molar-refractivity contribution < 1.29 is 0 Å². The van der Waals surface area contributed by atoms with Gasteiger partial charge in [0, 0.05) is 12.3 Å². The summed E-state index contributed by atoms with van der Waals surface area (Å²) in [6.45, 7) is 3.41. The fourth-order valence-corrected chi connectivity index (χ4v) is 0.836. The van der Waals surface area contributed by atoms with E-state index in [0.717, 1.165) is 0 Å². The average Bonchev–Trinajstić information content (AvgIpc) is 2.17. The van der Waals surface area contributed by atoms with Crippen LogP contribution in [0.25, 0.3) is 0 Å². The van der Waals surface area contributed by atoms with Crippen LogP contribution in [0.1, 0.15) is 11.4 Å². The van der Waals surface area contributed by atoms with Crippen molar-refractivity contribution in [2.75, 3.05) is 5.73 Å². The molecule has 0 unspecified atom stereocenters. The molecule has 0 spiro atoms. The number of rotatable bonds is 2. The van der Waals surface area contributed by atoms with Gasteiger partial charge >= 0.3 is 0 Å². The largest absolute Gasteiger partial charge is 0.382 e. The lowest BCUT2D eigenvalue weighted by Crippen LogP contribution is -2.16. The zero-order valence-electron chi connectivity index (χ0n) is 7.44. The highest BCUT2D eigenvalue weighted by atomic mass is 15.0. The zero-order valence-corrected chi connectivity index (χ0v) is 7.44. The van der Waals surface area contributed by atoms with Gasteiger partial charge in [-0.2, -0.15) is 0 Å². The Hall–Kier alpha value is -2.35. The van der Waals surface area contributed by atoms with Crippen LogP contribution in [0.3, 0.4) is 0 Å². The van der Waals surface area contributed by atoms with Gasteiger partial charge in [-0.1, -0.05) is 12.5 Å². The summed E-state index contributed by atoms with van der Waals surface area (Å²) in [6.07, 6.45) is 6.47. The summed E-state index contributed by atoms with van der Waals surface area (Å²) in [6, 6.07) is 1.53. The average molecular weight is 187 g/mol. The highest BCUT2D eigenvalue weighted by Crippen LogP contribution is 2.01. The second-order valence-electron chi connectivity index (χ2n) is 2.34. The highest BCUT2D eigenvalue weighted by molar-refractivity contribution is 5.96. The Morgan fingerprint density at radius 1 is 1.64 bits per heavy atom. The van der Waals surface area contributed by atoms with E-state index in [4.69, 9.17) is 17.9 Å². The van der Waals surface area contributed by atoms with Gasteiger partial charge in [-0.25, -0.2) is 15.0 Å². The fraction of sp³-hybridized carbons (Fsp3) is 0. The highest BCUT2D eigenvalue weighted by Gasteiger charge is 2.03. The maximum atomic E-state index is 5.56. The van der Waals surface area contributed by atoms with Crippen LogP contribution < -0.4 is 11.5 Å². The van der Waals surface area contributed by atoms with Gasteiger partial charge in [0.2, 0.25) is 5.95 Å². The molecule has 70 valence electrons. The first-order valence-corrected chi connectivity index (χ1v) is 3.73. The number of nitrogen functional groups attached to an aromatic ring is 1. The Bertz CT molecular complexity index is 427. The minimum Gasteiger partial charge on any atom is -0.382 e. The molecule has 0 aliphatic carbocycles. The van der Waals surface area contributed by atoms with Gasteiger partial charge < -0.3 is 11.5 Å². The third-order valence-electron chi connectivity index (χ3n) is 1.38. The molecule has 0 aliphatic heterocycles. The molecule has 1 rings (SSSR count). The SMILES string of the molecule is C#Cc1cc(C(N)=NC=C)nc(N)n1. The van der Waals surface area contributed by atoms with E-state index in [2.05, 4.69) is 27.5 Å². The van der Waals surface area contributed by atoms with E-state index >= 15 is 0 Å². The van der Waals surface area contributed by atoms with Crippen LogP contribution in [-0.4, -0.2) is 15.8 Å². The predicted octanol–water partition coefficient (Wildman–Crippen LogP) is -0.111. The normalized spacial score (nSPS) is 10.6. The van der Waals surface area contributed by atoms with E-state index < -0.39 is 0 Å². The van der Waals surface area contributed by atoms with Crippen LogP contribution in [0, 0.1) is 12.3 Å². The van der Waals surface area contributed by atoms with Crippen LogP contribution in [0.5, 0.6) is 0 Å². The molecule has 0 aliphatic rings. The number of aliphatic imine (C=N–C) groups is 1. The van der Waals surface area contributed by atoms with Crippen molar-refractivity contribution >= 4 is 11.8 Å². The Morgan fingerprint density at radius 3 is 2.93 bits per heavy atom. The number of terminal acetylenes is 1. The number of aromatic nitrogens is 2. The minimum absolute atomic E-state index is 0.0673. The van der Waals surface area contributed by atoms with E-state index in [1.807, 2.05) is 0 Å². The monoisotopic (exact) mass is 187 g/mol. The van der Waals surface area contributed by atoms with Gasteiger partial charge in [-0.05, 0) is 0 Å². The number of hydrogen-bond acceptors (Lipinski definition) is 4. The molecule has 0 saturated heterocycles. The molecule has 5 heteroatoms. The topological polar surface area (TPSA) is 90.2 Å². The first kappa shape index (κ1) is 9.74. The van der Waals surface area contributed by atoms with E-state index in [0.29, 0.717) is 11.4 Å². The number of nitrogens with two attached hydrogens (primary N) is 2. The molecule has 0 saturated carbocycles. The van der Waals surface area contributed by atoms with Gasteiger partial charge in [0.25, 0.3) is 0 Å². The molecule has 0 atom stereocenters. The van der Waals surface area contributed by atoms with E-state index in [-0.39, 0.29) is 11.8 Å². The van der Waals surface area contributed by atoms with E-state index in [9.17, 15) is 0 Å². The lowest BCUT2D eigenvalue weighted by Gasteiger charge is -2.00. The molecule has 4 N–H and O–H groups in total. The predicted molar refractivity (Wildman–Crippen MR) is 55.3 cm³/mol. The van der Waals surface area contributed by atoms with Crippen molar-refractivity contribution in [2.24, 2.45) is 10.7 Å². The molecule has 0 fully saturated rings. The van der Waals surface area contributed by atoms with Crippen molar-refractivity contribution in [2.45, 2.75) is 0 Å².